The van der Waals surface area contributed by atoms with Crippen molar-refractivity contribution in [1.82, 2.24) is 0 Å². The number of phenolic OH excluding ortho intramolecular Hbond substituents is 1. The van der Waals surface area contributed by atoms with Crippen LogP contribution in [0.1, 0.15) is 11.1 Å². The van der Waals surface area contributed by atoms with Crippen LogP contribution in [0, 0.1) is 6.92 Å². The zero-order valence-corrected chi connectivity index (χ0v) is 13.8. The maximum Gasteiger partial charge on any atom is 0.138 e. The monoisotopic (exact) mass is 321 g/mol. The first-order valence-corrected chi connectivity index (χ1v) is 8.38. The van der Waals surface area contributed by atoms with Crippen molar-refractivity contribution in [3.8, 4) is 5.75 Å². The van der Waals surface area contributed by atoms with E-state index in [1.165, 1.54) is 20.9 Å². The first-order chi connectivity index (χ1) is 11.2. The number of anilines is 1. The number of nitrogens with one attached hydrogen (secondary N) is 1. The molecule has 3 heteroatoms. The molecule has 0 saturated heterocycles. The summed E-state index contributed by atoms with van der Waals surface area (Å²) in [4.78, 5) is 2.45. The molecule has 0 unspecified atom stereocenters. The average Bonchev–Trinajstić information content (AvgIpc) is 2.57. The molecule has 0 fully saturated rings. The van der Waals surface area contributed by atoms with E-state index >= 15 is 0 Å². The van der Waals surface area contributed by atoms with Gasteiger partial charge in [0.1, 0.15) is 5.75 Å². The van der Waals surface area contributed by atoms with Gasteiger partial charge in [0.25, 0.3) is 0 Å². The Bertz CT molecular complexity index is 784. The van der Waals surface area contributed by atoms with Crippen LogP contribution in [0.2, 0.25) is 0 Å². The molecule has 0 aromatic heterocycles. The van der Waals surface area contributed by atoms with Crippen molar-refractivity contribution in [2.24, 2.45) is 0 Å². The summed E-state index contributed by atoms with van der Waals surface area (Å²) in [6.45, 7) is 2.77. The Morgan fingerprint density at radius 2 is 1.57 bits per heavy atom. The fourth-order valence-electron chi connectivity index (χ4n) is 2.30. The Labute approximate surface area is 141 Å². The van der Waals surface area contributed by atoms with Crippen LogP contribution in [0.4, 0.5) is 5.69 Å². The zero-order chi connectivity index (χ0) is 16.1. The average molecular weight is 321 g/mol. The van der Waals surface area contributed by atoms with Crippen LogP contribution in [0.15, 0.2) is 82.6 Å². The molecule has 0 bridgehead atoms. The fraction of sp³-hybridized carbons (Fsp3) is 0.100. The van der Waals surface area contributed by atoms with E-state index in [0.29, 0.717) is 6.54 Å². The summed E-state index contributed by atoms with van der Waals surface area (Å²) < 4.78 is 0. The van der Waals surface area contributed by atoms with Crippen LogP contribution in [0.3, 0.4) is 0 Å². The van der Waals surface area contributed by atoms with E-state index in [4.69, 9.17) is 0 Å². The van der Waals surface area contributed by atoms with E-state index < -0.39 is 0 Å². The van der Waals surface area contributed by atoms with Crippen LogP contribution in [-0.4, -0.2) is 5.11 Å². The predicted molar refractivity (Wildman–Crippen MR) is 97.2 cm³/mol. The second kappa shape index (κ2) is 7.25. The molecule has 23 heavy (non-hydrogen) atoms. The second-order valence-corrected chi connectivity index (χ2v) is 6.51. The van der Waals surface area contributed by atoms with E-state index in [9.17, 15) is 5.11 Å². The normalized spacial score (nSPS) is 10.5. The number of aromatic hydroxyl groups is 1. The van der Waals surface area contributed by atoms with Crippen molar-refractivity contribution in [3.05, 3.63) is 83.9 Å². The fourth-order valence-corrected chi connectivity index (χ4v) is 3.24. The molecular weight excluding hydrogens is 302 g/mol. The van der Waals surface area contributed by atoms with Gasteiger partial charge in [-0.2, -0.15) is 0 Å². The lowest BCUT2D eigenvalue weighted by molar-refractivity contribution is 0.477. The number of rotatable bonds is 5. The number of aryl methyl sites for hydroxylation is 1. The van der Waals surface area contributed by atoms with Crippen LogP contribution in [-0.2, 0) is 6.54 Å². The van der Waals surface area contributed by atoms with Gasteiger partial charge in [0.2, 0.25) is 0 Å². The molecule has 0 aliphatic carbocycles. The Kier molecular flexibility index (Phi) is 4.89. The van der Waals surface area contributed by atoms with E-state index in [1.54, 1.807) is 17.8 Å². The standard InChI is InChI=1S/C20H19NOS/c1-15-10-12-17(13-11-15)23-20-9-5-2-6-16(20)14-21-18-7-3-4-8-19(18)22/h2-13,21-22H,14H2,1H3. The van der Waals surface area contributed by atoms with Crippen LogP contribution in [0.25, 0.3) is 0 Å². The molecule has 116 valence electrons. The van der Waals surface area contributed by atoms with Crippen LogP contribution >= 0.6 is 11.8 Å². The Morgan fingerprint density at radius 1 is 0.870 bits per heavy atom. The number of hydrogen-bond acceptors (Lipinski definition) is 3. The molecule has 0 saturated carbocycles. The quantitative estimate of drug-likeness (QED) is 0.612. The van der Waals surface area contributed by atoms with E-state index in [-0.39, 0.29) is 5.75 Å². The molecule has 2 nitrogen and oxygen atoms in total. The third-order valence-electron chi connectivity index (χ3n) is 3.59. The summed E-state index contributed by atoms with van der Waals surface area (Å²) in [5, 5.41) is 13.2. The lowest BCUT2D eigenvalue weighted by Crippen LogP contribution is -2.00. The molecule has 2 N–H and O–H groups in total. The third kappa shape index (κ3) is 4.08. The topological polar surface area (TPSA) is 32.3 Å². The molecule has 0 atom stereocenters. The van der Waals surface area contributed by atoms with Crippen molar-refractivity contribution < 1.29 is 5.11 Å². The summed E-state index contributed by atoms with van der Waals surface area (Å²) in [5.41, 5.74) is 3.23. The first kappa shape index (κ1) is 15.5. The van der Waals surface area contributed by atoms with Gasteiger partial charge in [0, 0.05) is 16.3 Å². The maximum absolute atomic E-state index is 9.85. The molecule has 0 amide bonds. The molecule has 3 aromatic carbocycles. The highest BCUT2D eigenvalue weighted by Crippen LogP contribution is 2.31. The number of benzene rings is 3. The number of phenols is 1. The van der Waals surface area contributed by atoms with Gasteiger partial charge in [0.15, 0.2) is 0 Å². The molecule has 0 heterocycles. The molecule has 0 aliphatic rings. The van der Waals surface area contributed by atoms with Gasteiger partial charge in [-0.15, -0.1) is 0 Å². The zero-order valence-electron chi connectivity index (χ0n) is 13.0. The summed E-state index contributed by atoms with van der Waals surface area (Å²) in [5.74, 6) is 0.274. The van der Waals surface area contributed by atoms with Gasteiger partial charge >= 0.3 is 0 Å². The molecule has 3 aromatic rings. The highest BCUT2D eigenvalue weighted by atomic mass is 32.2. The predicted octanol–water partition coefficient (Wildman–Crippen LogP) is 5.46. The number of para-hydroxylation sites is 2. The van der Waals surface area contributed by atoms with Crippen molar-refractivity contribution in [1.29, 1.82) is 0 Å². The van der Waals surface area contributed by atoms with Crippen molar-refractivity contribution in [2.75, 3.05) is 5.32 Å². The minimum absolute atomic E-state index is 0.274. The lowest BCUT2D eigenvalue weighted by atomic mass is 10.2. The molecule has 3 rings (SSSR count). The summed E-state index contributed by atoms with van der Waals surface area (Å²) in [7, 11) is 0. The summed E-state index contributed by atoms with van der Waals surface area (Å²) >= 11 is 1.76. The Morgan fingerprint density at radius 3 is 2.35 bits per heavy atom. The molecule has 0 radical (unpaired) electrons. The van der Waals surface area contributed by atoms with E-state index in [2.05, 4.69) is 54.7 Å². The van der Waals surface area contributed by atoms with Crippen molar-refractivity contribution in [2.45, 2.75) is 23.3 Å². The highest BCUT2D eigenvalue weighted by molar-refractivity contribution is 7.99. The van der Waals surface area contributed by atoms with Gasteiger partial charge in [-0.3, -0.25) is 0 Å². The lowest BCUT2D eigenvalue weighted by Gasteiger charge is -2.12. The van der Waals surface area contributed by atoms with E-state index in [0.717, 1.165) is 5.69 Å². The highest BCUT2D eigenvalue weighted by Gasteiger charge is 2.05. The molecular formula is C20H19NOS. The minimum atomic E-state index is 0.274. The number of hydrogen-bond donors (Lipinski definition) is 2. The Hall–Kier alpha value is -2.39. The van der Waals surface area contributed by atoms with Gasteiger partial charge in [-0.1, -0.05) is 59.8 Å². The SMILES string of the molecule is Cc1ccc(Sc2ccccc2CNc2ccccc2O)cc1. The van der Waals surface area contributed by atoms with Gasteiger partial charge in [-0.25, -0.2) is 0 Å². The van der Waals surface area contributed by atoms with Gasteiger partial charge < -0.3 is 10.4 Å². The maximum atomic E-state index is 9.85. The summed E-state index contributed by atoms with van der Waals surface area (Å²) in [6, 6.07) is 24.2. The molecule has 0 aliphatic heterocycles. The summed E-state index contributed by atoms with van der Waals surface area (Å²) in [6.07, 6.45) is 0. The molecule has 0 spiro atoms. The Balaban J connectivity index is 1.75. The van der Waals surface area contributed by atoms with Gasteiger partial charge in [-0.05, 0) is 42.8 Å². The first-order valence-electron chi connectivity index (χ1n) is 7.57. The third-order valence-corrected chi connectivity index (χ3v) is 4.72. The minimum Gasteiger partial charge on any atom is -0.506 e. The van der Waals surface area contributed by atoms with Crippen LogP contribution in [0.5, 0.6) is 5.75 Å². The largest absolute Gasteiger partial charge is 0.506 e. The van der Waals surface area contributed by atoms with Gasteiger partial charge in [0.05, 0.1) is 5.69 Å². The van der Waals surface area contributed by atoms with Crippen molar-refractivity contribution >= 4 is 17.4 Å². The smallest absolute Gasteiger partial charge is 0.138 e. The second-order valence-electron chi connectivity index (χ2n) is 5.39. The van der Waals surface area contributed by atoms with Crippen LogP contribution < -0.4 is 5.32 Å². The van der Waals surface area contributed by atoms with E-state index in [1.807, 2.05) is 24.3 Å². The van der Waals surface area contributed by atoms with Crippen molar-refractivity contribution in [3.63, 3.8) is 0 Å².